The fourth-order valence-corrected chi connectivity index (χ4v) is 3.10. The zero-order valence-electron chi connectivity index (χ0n) is 11.5. The Morgan fingerprint density at radius 3 is 2.48 bits per heavy atom. The first-order chi connectivity index (χ1) is 10.1. The lowest BCUT2D eigenvalue weighted by atomic mass is 9.88. The Balaban J connectivity index is 2.02. The minimum atomic E-state index is -0.373. The molecule has 0 radical (unpaired) electrons. The summed E-state index contributed by atoms with van der Waals surface area (Å²) in [4.78, 5) is 0. The van der Waals surface area contributed by atoms with Gasteiger partial charge in [-0.05, 0) is 73.3 Å². The van der Waals surface area contributed by atoms with E-state index in [9.17, 15) is 8.78 Å². The van der Waals surface area contributed by atoms with E-state index in [4.69, 9.17) is 11.6 Å². The van der Waals surface area contributed by atoms with Crippen LogP contribution >= 0.6 is 11.6 Å². The van der Waals surface area contributed by atoms with Gasteiger partial charge in [-0.25, -0.2) is 8.78 Å². The SMILES string of the molecule is Fc1cc(-c2cc(F)ccc2Cl)cc(C2CCNCC2)c1. The molecule has 0 atom stereocenters. The molecule has 0 amide bonds. The molecule has 110 valence electrons. The van der Waals surface area contributed by atoms with Crippen molar-refractivity contribution in [1.82, 2.24) is 5.32 Å². The molecule has 0 unspecified atom stereocenters. The number of rotatable bonds is 2. The molecule has 0 aromatic heterocycles. The first kappa shape index (κ1) is 14.5. The lowest BCUT2D eigenvalue weighted by Crippen LogP contribution is -2.26. The lowest BCUT2D eigenvalue weighted by Gasteiger charge is -2.23. The third kappa shape index (κ3) is 3.25. The van der Waals surface area contributed by atoms with Gasteiger partial charge in [0.25, 0.3) is 0 Å². The fraction of sp³-hybridized carbons (Fsp3) is 0.294. The Labute approximate surface area is 127 Å². The van der Waals surface area contributed by atoms with Crippen LogP contribution in [-0.4, -0.2) is 13.1 Å². The third-order valence-electron chi connectivity index (χ3n) is 3.97. The second kappa shape index (κ2) is 6.12. The molecule has 1 fully saturated rings. The normalized spacial score (nSPS) is 16.1. The van der Waals surface area contributed by atoms with Crippen LogP contribution in [0, 0.1) is 11.6 Å². The molecule has 1 saturated heterocycles. The highest BCUT2D eigenvalue weighted by molar-refractivity contribution is 6.33. The molecule has 0 aliphatic carbocycles. The molecule has 2 aromatic rings. The van der Waals surface area contributed by atoms with Crippen LogP contribution in [0.3, 0.4) is 0 Å². The largest absolute Gasteiger partial charge is 0.317 e. The van der Waals surface area contributed by atoms with Gasteiger partial charge in [-0.3, -0.25) is 0 Å². The first-order valence-corrected chi connectivity index (χ1v) is 7.48. The van der Waals surface area contributed by atoms with Gasteiger partial charge < -0.3 is 5.32 Å². The maximum Gasteiger partial charge on any atom is 0.124 e. The Kier molecular flexibility index (Phi) is 4.22. The minimum Gasteiger partial charge on any atom is -0.317 e. The smallest absolute Gasteiger partial charge is 0.124 e. The van der Waals surface area contributed by atoms with E-state index >= 15 is 0 Å². The number of benzene rings is 2. The van der Waals surface area contributed by atoms with Gasteiger partial charge in [0.2, 0.25) is 0 Å². The van der Waals surface area contributed by atoms with Crippen molar-refractivity contribution in [3.05, 3.63) is 58.6 Å². The highest BCUT2D eigenvalue weighted by atomic mass is 35.5. The first-order valence-electron chi connectivity index (χ1n) is 7.10. The average molecular weight is 308 g/mol. The van der Waals surface area contributed by atoms with E-state index in [0.717, 1.165) is 31.5 Å². The van der Waals surface area contributed by atoms with E-state index in [0.29, 0.717) is 22.1 Å². The van der Waals surface area contributed by atoms with Crippen LogP contribution in [0.25, 0.3) is 11.1 Å². The van der Waals surface area contributed by atoms with Crippen molar-refractivity contribution in [3.63, 3.8) is 0 Å². The molecule has 3 rings (SSSR count). The summed E-state index contributed by atoms with van der Waals surface area (Å²) in [5.41, 5.74) is 2.13. The van der Waals surface area contributed by atoms with Crippen LogP contribution in [0.5, 0.6) is 0 Å². The van der Waals surface area contributed by atoms with E-state index < -0.39 is 0 Å². The van der Waals surface area contributed by atoms with Gasteiger partial charge in [-0.15, -0.1) is 0 Å². The molecular weight excluding hydrogens is 292 g/mol. The van der Waals surface area contributed by atoms with Crippen molar-refractivity contribution in [2.24, 2.45) is 0 Å². The average Bonchev–Trinajstić information content (AvgIpc) is 2.50. The molecule has 4 heteroatoms. The Hall–Kier alpha value is -1.45. The van der Waals surface area contributed by atoms with Crippen LogP contribution in [0.1, 0.15) is 24.3 Å². The maximum atomic E-state index is 13.9. The molecule has 0 saturated carbocycles. The quantitative estimate of drug-likeness (QED) is 0.844. The monoisotopic (exact) mass is 307 g/mol. The van der Waals surface area contributed by atoms with Crippen molar-refractivity contribution in [2.75, 3.05) is 13.1 Å². The van der Waals surface area contributed by atoms with E-state index in [1.165, 1.54) is 24.3 Å². The second-order valence-corrected chi connectivity index (χ2v) is 5.83. The lowest BCUT2D eigenvalue weighted by molar-refractivity contribution is 0.458. The van der Waals surface area contributed by atoms with Gasteiger partial charge >= 0.3 is 0 Å². The summed E-state index contributed by atoms with van der Waals surface area (Å²) in [7, 11) is 0. The van der Waals surface area contributed by atoms with Crippen molar-refractivity contribution < 1.29 is 8.78 Å². The van der Waals surface area contributed by atoms with Gasteiger partial charge in [0.1, 0.15) is 11.6 Å². The molecule has 0 bridgehead atoms. The van der Waals surface area contributed by atoms with Gasteiger partial charge in [0.15, 0.2) is 0 Å². The highest BCUT2D eigenvalue weighted by Crippen LogP contribution is 2.33. The molecule has 1 aliphatic rings. The summed E-state index contributed by atoms with van der Waals surface area (Å²) in [6.45, 7) is 1.88. The van der Waals surface area contributed by atoms with Crippen LogP contribution in [0.2, 0.25) is 5.02 Å². The molecule has 1 aliphatic heterocycles. The van der Waals surface area contributed by atoms with E-state index in [2.05, 4.69) is 5.32 Å². The zero-order valence-corrected chi connectivity index (χ0v) is 12.3. The van der Waals surface area contributed by atoms with Crippen molar-refractivity contribution in [3.8, 4) is 11.1 Å². The molecule has 1 heterocycles. The predicted octanol–water partition coefficient (Wildman–Crippen LogP) is 4.75. The second-order valence-electron chi connectivity index (χ2n) is 5.42. The van der Waals surface area contributed by atoms with Crippen LogP contribution in [-0.2, 0) is 0 Å². The van der Waals surface area contributed by atoms with Crippen molar-refractivity contribution in [1.29, 1.82) is 0 Å². The number of piperidine rings is 1. The van der Waals surface area contributed by atoms with Gasteiger partial charge in [-0.1, -0.05) is 17.7 Å². The summed E-state index contributed by atoms with van der Waals surface area (Å²) in [5, 5.41) is 3.73. The summed E-state index contributed by atoms with van der Waals surface area (Å²) < 4.78 is 27.4. The number of nitrogens with one attached hydrogen (secondary N) is 1. The Morgan fingerprint density at radius 2 is 1.71 bits per heavy atom. The summed E-state index contributed by atoms with van der Waals surface area (Å²) in [5.74, 6) is -0.337. The summed E-state index contributed by atoms with van der Waals surface area (Å²) in [6.07, 6.45) is 1.97. The third-order valence-corrected chi connectivity index (χ3v) is 4.30. The molecule has 0 spiro atoms. The predicted molar refractivity (Wildman–Crippen MR) is 81.6 cm³/mol. The number of hydrogen-bond donors (Lipinski definition) is 1. The molecule has 1 N–H and O–H groups in total. The maximum absolute atomic E-state index is 13.9. The van der Waals surface area contributed by atoms with Gasteiger partial charge in [0, 0.05) is 10.6 Å². The van der Waals surface area contributed by atoms with Gasteiger partial charge in [-0.2, -0.15) is 0 Å². The van der Waals surface area contributed by atoms with Gasteiger partial charge in [0.05, 0.1) is 0 Å². The molecule has 2 aromatic carbocycles. The minimum absolute atomic E-state index is 0.304. The van der Waals surface area contributed by atoms with E-state index in [1.54, 1.807) is 6.07 Å². The number of halogens is 3. The Morgan fingerprint density at radius 1 is 0.952 bits per heavy atom. The summed E-state index contributed by atoms with van der Waals surface area (Å²) >= 11 is 6.12. The van der Waals surface area contributed by atoms with E-state index in [1.807, 2.05) is 6.07 Å². The number of hydrogen-bond acceptors (Lipinski definition) is 1. The molecule has 21 heavy (non-hydrogen) atoms. The molecular formula is C17H16ClF2N. The topological polar surface area (TPSA) is 12.0 Å². The Bertz CT molecular complexity index is 651. The van der Waals surface area contributed by atoms with Crippen LogP contribution < -0.4 is 5.32 Å². The standard InChI is InChI=1S/C17H16ClF2N/c18-17-2-1-14(19)10-16(17)13-7-12(8-15(20)9-13)11-3-5-21-6-4-11/h1-2,7-11,21H,3-6H2. The molecule has 1 nitrogen and oxygen atoms in total. The van der Waals surface area contributed by atoms with Crippen molar-refractivity contribution in [2.45, 2.75) is 18.8 Å². The highest BCUT2D eigenvalue weighted by Gasteiger charge is 2.17. The zero-order chi connectivity index (χ0) is 14.8. The van der Waals surface area contributed by atoms with Crippen LogP contribution in [0.4, 0.5) is 8.78 Å². The van der Waals surface area contributed by atoms with E-state index in [-0.39, 0.29) is 11.6 Å². The van der Waals surface area contributed by atoms with Crippen LogP contribution in [0.15, 0.2) is 36.4 Å². The fourth-order valence-electron chi connectivity index (χ4n) is 2.88. The summed E-state index contributed by atoms with van der Waals surface area (Å²) in [6, 6.07) is 9.07. The van der Waals surface area contributed by atoms with Crippen molar-refractivity contribution >= 4 is 11.6 Å².